The number of phenols is 1. The van der Waals surface area contributed by atoms with Crippen LogP contribution in [0.4, 0.5) is 10.3 Å². The second-order valence-corrected chi connectivity index (χ2v) is 8.37. The summed E-state index contributed by atoms with van der Waals surface area (Å²) in [6, 6.07) is 5.26. The van der Waals surface area contributed by atoms with Gasteiger partial charge in [-0.1, -0.05) is 0 Å². The van der Waals surface area contributed by atoms with Crippen molar-refractivity contribution in [2.24, 2.45) is 0 Å². The first-order chi connectivity index (χ1) is 14.0. The predicted octanol–water partition coefficient (Wildman–Crippen LogP) is 3.33. The van der Waals surface area contributed by atoms with Gasteiger partial charge in [0, 0.05) is 12.6 Å². The van der Waals surface area contributed by atoms with Crippen molar-refractivity contribution in [3.8, 4) is 17.0 Å². The molecule has 2 fully saturated rings. The fraction of sp³-hybridized carbons (Fsp3) is 0.476. The summed E-state index contributed by atoms with van der Waals surface area (Å²) in [5.74, 6) is 0.313. The van der Waals surface area contributed by atoms with Crippen LogP contribution in [0.1, 0.15) is 42.9 Å². The minimum absolute atomic E-state index is 0.0794. The molecular weight excluding hydrogens is 371 g/mol. The number of likely N-dealkylation sites (N-methyl/N-ethyl adjacent to an activating group) is 1. The smallest absolute Gasteiger partial charge is 0.244 e. The number of phenolic OH excluding ortho intramolecular Hbond substituents is 1. The number of halogens is 1. The summed E-state index contributed by atoms with van der Waals surface area (Å²) >= 11 is 0. The van der Waals surface area contributed by atoms with Crippen molar-refractivity contribution >= 4 is 11.5 Å². The number of aryl methyl sites for hydroxylation is 1. The first-order valence-electron chi connectivity index (χ1n) is 10.2. The van der Waals surface area contributed by atoms with Crippen molar-refractivity contribution in [3.05, 3.63) is 35.3 Å². The molecule has 1 aliphatic heterocycles. The summed E-state index contributed by atoms with van der Waals surface area (Å²) in [5.41, 5.74) is 2.62. The maximum absolute atomic E-state index is 15.0. The molecule has 152 valence electrons. The number of rotatable bonds is 4. The Morgan fingerprint density at radius 3 is 2.72 bits per heavy atom. The van der Waals surface area contributed by atoms with Gasteiger partial charge in [-0.3, -0.25) is 0 Å². The molecule has 0 spiro atoms. The number of hydrogen-bond acceptors (Lipinski definition) is 6. The predicted molar refractivity (Wildman–Crippen MR) is 109 cm³/mol. The molecule has 5 rings (SSSR count). The zero-order chi connectivity index (χ0) is 20.1. The summed E-state index contributed by atoms with van der Waals surface area (Å²) in [6.07, 6.45) is 4.25. The van der Waals surface area contributed by atoms with Crippen LogP contribution in [-0.4, -0.2) is 56.0 Å². The lowest BCUT2D eigenvalue weighted by Gasteiger charge is -2.30. The molecule has 2 aliphatic rings. The molecule has 1 saturated carbocycles. The molecule has 1 aliphatic carbocycles. The van der Waals surface area contributed by atoms with Gasteiger partial charge in [0.25, 0.3) is 0 Å². The standard InChI is InChI=1S/C21H25FN6O/c1-12-8-17-20(19-16(22)9-14(10-18(19)29)13-5-6-13)24-25-21(28(17)26-12)23-15-4-3-7-27(2)11-15/h8-10,13,15,29H,3-7,11H2,1-2H3,(H,23,25)/t15-/m1/s1. The van der Waals surface area contributed by atoms with Gasteiger partial charge in [-0.2, -0.15) is 9.61 Å². The van der Waals surface area contributed by atoms with Crippen molar-refractivity contribution < 1.29 is 9.50 Å². The molecular formula is C21H25FN6O. The third kappa shape index (κ3) is 3.42. The highest BCUT2D eigenvalue weighted by molar-refractivity contribution is 5.81. The summed E-state index contributed by atoms with van der Waals surface area (Å²) in [4.78, 5) is 2.28. The van der Waals surface area contributed by atoms with E-state index in [0.29, 0.717) is 23.1 Å². The molecule has 0 bridgehead atoms. The second kappa shape index (κ2) is 6.95. The number of benzene rings is 1. The minimum atomic E-state index is -0.475. The van der Waals surface area contributed by atoms with Crippen molar-refractivity contribution in [2.75, 3.05) is 25.5 Å². The molecule has 7 nitrogen and oxygen atoms in total. The largest absolute Gasteiger partial charge is 0.507 e. The Balaban J connectivity index is 1.56. The molecule has 3 heterocycles. The molecule has 2 N–H and O–H groups in total. The van der Waals surface area contributed by atoms with E-state index in [-0.39, 0.29) is 17.4 Å². The molecule has 0 amide bonds. The Morgan fingerprint density at radius 1 is 1.17 bits per heavy atom. The highest BCUT2D eigenvalue weighted by atomic mass is 19.1. The molecule has 0 radical (unpaired) electrons. The zero-order valence-corrected chi connectivity index (χ0v) is 16.7. The fourth-order valence-electron chi connectivity index (χ4n) is 4.25. The average Bonchev–Trinajstić information content (AvgIpc) is 3.44. The molecule has 29 heavy (non-hydrogen) atoms. The highest BCUT2D eigenvalue weighted by Crippen LogP contribution is 2.44. The third-order valence-corrected chi connectivity index (χ3v) is 5.85. The fourth-order valence-corrected chi connectivity index (χ4v) is 4.25. The maximum Gasteiger partial charge on any atom is 0.244 e. The van der Waals surface area contributed by atoms with Crippen LogP contribution < -0.4 is 5.32 Å². The highest BCUT2D eigenvalue weighted by Gasteiger charge is 2.28. The second-order valence-electron chi connectivity index (χ2n) is 8.37. The van der Waals surface area contributed by atoms with Gasteiger partial charge in [0.1, 0.15) is 17.3 Å². The number of aromatic nitrogens is 4. The van der Waals surface area contributed by atoms with Crippen molar-refractivity contribution in [1.29, 1.82) is 0 Å². The normalized spacial score (nSPS) is 20.3. The van der Waals surface area contributed by atoms with E-state index >= 15 is 0 Å². The molecule has 8 heteroatoms. The number of anilines is 1. The van der Waals surface area contributed by atoms with Crippen LogP contribution >= 0.6 is 0 Å². The lowest BCUT2D eigenvalue weighted by molar-refractivity contribution is 0.260. The molecule has 0 unspecified atom stereocenters. The Kier molecular flexibility index (Phi) is 4.38. The Morgan fingerprint density at radius 2 is 2.00 bits per heavy atom. The summed E-state index contributed by atoms with van der Waals surface area (Å²) in [6.45, 7) is 3.89. The number of hydrogen-bond donors (Lipinski definition) is 2. The number of piperidine rings is 1. The third-order valence-electron chi connectivity index (χ3n) is 5.85. The van der Waals surface area contributed by atoms with E-state index in [9.17, 15) is 9.50 Å². The number of nitrogens with zero attached hydrogens (tertiary/aromatic N) is 5. The molecule has 1 atom stereocenters. The lowest BCUT2D eigenvalue weighted by atomic mass is 10.0. The van der Waals surface area contributed by atoms with Crippen molar-refractivity contribution in [1.82, 2.24) is 24.7 Å². The first kappa shape index (κ1) is 18.3. The Bertz CT molecular complexity index is 1050. The van der Waals surface area contributed by atoms with E-state index in [0.717, 1.165) is 50.0 Å². The van der Waals surface area contributed by atoms with Crippen LogP contribution in [0.2, 0.25) is 0 Å². The van der Waals surface area contributed by atoms with Crippen molar-refractivity contribution in [2.45, 2.75) is 44.6 Å². The van der Waals surface area contributed by atoms with Crippen LogP contribution in [0.25, 0.3) is 16.8 Å². The SMILES string of the molecule is Cc1cc2c(-c3c(O)cc(C4CC4)cc3F)nnc(N[C@@H]3CCCN(C)C3)n2n1. The summed E-state index contributed by atoms with van der Waals surface area (Å²) in [7, 11) is 2.10. The van der Waals surface area contributed by atoms with Crippen LogP contribution in [0.3, 0.4) is 0 Å². The van der Waals surface area contributed by atoms with E-state index in [2.05, 4.69) is 32.6 Å². The quantitative estimate of drug-likeness (QED) is 0.704. The van der Waals surface area contributed by atoms with E-state index < -0.39 is 5.82 Å². The zero-order valence-electron chi connectivity index (χ0n) is 16.7. The van der Waals surface area contributed by atoms with Gasteiger partial charge in [-0.15, -0.1) is 10.2 Å². The maximum atomic E-state index is 15.0. The van der Waals surface area contributed by atoms with Crippen molar-refractivity contribution in [3.63, 3.8) is 0 Å². The van der Waals surface area contributed by atoms with E-state index in [4.69, 9.17) is 0 Å². The number of aromatic hydroxyl groups is 1. The first-order valence-corrected chi connectivity index (χ1v) is 10.2. The number of likely N-dealkylation sites (tertiary alicyclic amines) is 1. The molecule has 2 aromatic heterocycles. The van der Waals surface area contributed by atoms with Gasteiger partial charge in [0.15, 0.2) is 0 Å². The number of fused-ring (bicyclic) bond motifs is 1. The Labute approximate surface area is 168 Å². The summed E-state index contributed by atoms with van der Waals surface area (Å²) < 4.78 is 16.6. The van der Waals surface area contributed by atoms with E-state index in [1.165, 1.54) is 6.07 Å². The van der Waals surface area contributed by atoms with Gasteiger partial charge in [0.2, 0.25) is 5.95 Å². The molecule has 1 aromatic carbocycles. The van der Waals surface area contributed by atoms with Crippen LogP contribution in [0, 0.1) is 12.7 Å². The summed E-state index contributed by atoms with van der Waals surface area (Å²) in [5, 5.41) is 27.1. The van der Waals surface area contributed by atoms with Crippen LogP contribution in [0.5, 0.6) is 5.75 Å². The van der Waals surface area contributed by atoms with Gasteiger partial charge >= 0.3 is 0 Å². The number of nitrogens with one attached hydrogen (secondary N) is 1. The van der Waals surface area contributed by atoms with Crippen LogP contribution in [-0.2, 0) is 0 Å². The monoisotopic (exact) mass is 396 g/mol. The molecule has 1 saturated heterocycles. The van der Waals surface area contributed by atoms with E-state index in [1.54, 1.807) is 10.6 Å². The van der Waals surface area contributed by atoms with E-state index in [1.807, 2.05) is 13.0 Å². The van der Waals surface area contributed by atoms with Gasteiger partial charge in [0.05, 0.1) is 16.8 Å². The Hall–Kier alpha value is -2.74. The topological polar surface area (TPSA) is 78.6 Å². The van der Waals surface area contributed by atoms with Crippen LogP contribution in [0.15, 0.2) is 18.2 Å². The van der Waals surface area contributed by atoms with Gasteiger partial charge in [-0.05, 0) is 75.9 Å². The molecule has 3 aromatic rings. The average molecular weight is 396 g/mol. The lowest BCUT2D eigenvalue weighted by Crippen LogP contribution is -2.40. The van der Waals surface area contributed by atoms with Gasteiger partial charge < -0.3 is 15.3 Å². The van der Waals surface area contributed by atoms with Gasteiger partial charge in [-0.25, -0.2) is 4.39 Å². The minimum Gasteiger partial charge on any atom is -0.507 e.